The highest BCUT2D eigenvalue weighted by Gasteiger charge is 2.43. The van der Waals surface area contributed by atoms with Crippen molar-refractivity contribution in [3.8, 4) is 0 Å². The summed E-state index contributed by atoms with van der Waals surface area (Å²) in [6, 6.07) is 0. The molecule has 0 amide bonds. The Bertz CT molecular complexity index is 208. The lowest BCUT2D eigenvalue weighted by Gasteiger charge is -2.53. The van der Waals surface area contributed by atoms with E-state index in [1.807, 2.05) is 0 Å². The second kappa shape index (κ2) is 4.01. The maximum atomic E-state index is 10.4. The summed E-state index contributed by atoms with van der Waals surface area (Å²) in [6.07, 6.45) is 4.24. The van der Waals surface area contributed by atoms with Crippen molar-refractivity contribution in [3.05, 3.63) is 0 Å². The minimum absolute atomic E-state index is 0.217. The first-order valence-electron chi connectivity index (χ1n) is 5.60. The maximum absolute atomic E-state index is 10.4. The molecule has 0 aromatic carbocycles. The first kappa shape index (κ1) is 11.7. The average Bonchev–Trinajstić information content (AvgIpc) is 2.08. The Morgan fingerprint density at radius 3 is 2.50 bits per heavy atom. The van der Waals surface area contributed by atoms with Crippen LogP contribution in [-0.4, -0.2) is 29.8 Å². The first-order valence-corrected chi connectivity index (χ1v) is 5.60. The molecule has 0 bridgehead atoms. The lowest BCUT2D eigenvalue weighted by Crippen LogP contribution is -2.57. The van der Waals surface area contributed by atoms with E-state index in [0.29, 0.717) is 11.8 Å². The first-order chi connectivity index (χ1) is 6.42. The summed E-state index contributed by atoms with van der Waals surface area (Å²) in [4.78, 5) is 12.9. The topological polar surface area (TPSA) is 20.3 Å². The molecule has 2 nitrogen and oxygen atoms in total. The number of nitrogens with zero attached hydrogens (tertiary/aromatic N) is 1. The fourth-order valence-electron chi connectivity index (χ4n) is 2.33. The van der Waals surface area contributed by atoms with Crippen LogP contribution in [0.5, 0.6) is 0 Å². The summed E-state index contributed by atoms with van der Waals surface area (Å²) in [7, 11) is 0. The molecule has 0 saturated carbocycles. The zero-order valence-corrected chi connectivity index (χ0v) is 9.97. The van der Waals surface area contributed by atoms with E-state index >= 15 is 0 Å². The van der Waals surface area contributed by atoms with Gasteiger partial charge in [-0.25, -0.2) is 0 Å². The monoisotopic (exact) mass is 197 g/mol. The maximum Gasteiger partial charge on any atom is 0.121 e. The lowest BCUT2D eigenvalue weighted by atomic mass is 9.68. The number of hydrogen-bond acceptors (Lipinski definition) is 2. The number of carbonyl (C=O) groups excluding carboxylic acids is 1. The van der Waals surface area contributed by atoms with E-state index in [0.717, 1.165) is 19.4 Å². The van der Waals surface area contributed by atoms with E-state index in [1.165, 1.54) is 12.8 Å². The Morgan fingerprint density at radius 1 is 1.29 bits per heavy atom. The van der Waals surface area contributed by atoms with Crippen molar-refractivity contribution >= 4 is 6.29 Å². The van der Waals surface area contributed by atoms with Gasteiger partial charge >= 0.3 is 0 Å². The predicted molar refractivity (Wildman–Crippen MR) is 59.3 cm³/mol. The van der Waals surface area contributed by atoms with Gasteiger partial charge < -0.3 is 4.79 Å². The molecule has 1 saturated heterocycles. The number of rotatable bonds is 3. The smallest absolute Gasteiger partial charge is 0.121 e. The number of carbonyl (C=O) groups is 1. The van der Waals surface area contributed by atoms with Crippen molar-refractivity contribution in [2.75, 3.05) is 13.1 Å². The van der Waals surface area contributed by atoms with Crippen molar-refractivity contribution in [1.29, 1.82) is 0 Å². The van der Waals surface area contributed by atoms with Gasteiger partial charge in [0.25, 0.3) is 0 Å². The van der Waals surface area contributed by atoms with Crippen molar-refractivity contribution in [2.24, 2.45) is 5.41 Å². The van der Waals surface area contributed by atoms with Gasteiger partial charge in [-0.05, 0) is 38.6 Å². The van der Waals surface area contributed by atoms with Gasteiger partial charge in [0.2, 0.25) is 0 Å². The number of likely N-dealkylation sites (tertiary alicyclic amines) is 1. The molecule has 0 N–H and O–H groups in total. The van der Waals surface area contributed by atoms with Crippen LogP contribution < -0.4 is 0 Å². The molecule has 0 radical (unpaired) electrons. The molecule has 1 heterocycles. The second-order valence-electron chi connectivity index (χ2n) is 5.49. The molecule has 1 aliphatic heterocycles. The Kier molecular flexibility index (Phi) is 3.36. The van der Waals surface area contributed by atoms with Crippen molar-refractivity contribution in [2.45, 2.75) is 52.5 Å². The average molecular weight is 197 g/mol. The fraction of sp³-hybridized carbons (Fsp3) is 0.917. The third-order valence-electron chi connectivity index (χ3n) is 4.19. The van der Waals surface area contributed by atoms with Crippen LogP contribution in [0.1, 0.15) is 47.0 Å². The minimum atomic E-state index is 0.217. The predicted octanol–water partition coefficient (Wildman–Crippen LogP) is 2.48. The van der Waals surface area contributed by atoms with E-state index in [1.54, 1.807) is 0 Å². The highest BCUT2D eigenvalue weighted by molar-refractivity contribution is 5.49. The van der Waals surface area contributed by atoms with Gasteiger partial charge in [-0.15, -0.1) is 0 Å². The van der Waals surface area contributed by atoms with Crippen LogP contribution in [0.4, 0.5) is 0 Å². The van der Waals surface area contributed by atoms with E-state index in [2.05, 4.69) is 32.6 Å². The summed E-state index contributed by atoms with van der Waals surface area (Å²) < 4.78 is 0. The normalized spacial score (nSPS) is 26.0. The Balaban J connectivity index is 2.70. The lowest BCUT2D eigenvalue weighted by molar-refractivity contribution is -0.109. The largest absolute Gasteiger partial charge is 0.303 e. The van der Waals surface area contributed by atoms with Crippen molar-refractivity contribution in [1.82, 2.24) is 4.90 Å². The van der Waals surface area contributed by atoms with Crippen LogP contribution in [0.25, 0.3) is 0 Å². The molecular weight excluding hydrogens is 174 g/mol. The molecule has 0 aromatic rings. The molecule has 0 unspecified atom stereocenters. The molecule has 0 aromatic heterocycles. The Morgan fingerprint density at radius 2 is 1.93 bits per heavy atom. The molecule has 0 spiro atoms. The zero-order valence-electron chi connectivity index (χ0n) is 9.97. The van der Waals surface area contributed by atoms with Gasteiger partial charge in [0.1, 0.15) is 6.29 Å². The molecule has 82 valence electrons. The molecule has 1 rings (SSSR count). The van der Waals surface area contributed by atoms with Crippen LogP contribution >= 0.6 is 0 Å². The van der Waals surface area contributed by atoms with Gasteiger partial charge in [0.05, 0.1) is 0 Å². The summed E-state index contributed by atoms with van der Waals surface area (Å²) in [5.74, 6) is 0. The molecule has 0 aliphatic carbocycles. The summed E-state index contributed by atoms with van der Waals surface area (Å²) in [6.45, 7) is 11.3. The van der Waals surface area contributed by atoms with Crippen molar-refractivity contribution < 1.29 is 4.79 Å². The molecule has 1 aliphatic rings. The van der Waals surface area contributed by atoms with E-state index < -0.39 is 0 Å². The van der Waals surface area contributed by atoms with Gasteiger partial charge in [-0.3, -0.25) is 4.90 Å². The Labute approximate surface area is 87.7 Å². The van der Waals surface area contributed by atoms with E-state index in [4.69, 9.17) is 0 Å². The van der Waals surface area contributed by atoms with Crippen LogP contribution in [0.15, 0.2) is 0 Å². The summed E-state index contributed by atoms with van der Waals surface area (Å²) >= 11 is 0. The second-order valence-corrected chi connectivity index (χ2v) is 5.49. The van der Waals surface area contributed by atoms with Gasteiger partial charge in [0.15, 0.2) is 0 Å². The summed E-state index contributed by atoms with van der Waals surface area (Å²) in [5.41, 5.74) is 0.572. The SMILES string of the molecule is CC1(C)CCCN(CCC=O)C1(C)C. The third-order valence-corrected chi connectivity index (χ3v) is 4.19. The molecule has 14 heavy (non-hydrogen) atoms. The fourth-order valence-corrected chi connectivity index (χ4v) is 2.33. The molecule has 1 fully saturated rings. The number of piperidine rings is 1. The van der Waals surface area contributed by atoms with Crippen LogP contribution in [0.2, 0.25) is 0 Å². The van der Waals surface area contributed by atoms with E-state index in [-0.39, 0.29) is 5.54 Å². The van der Waals surface area contributed by atoms with E-state index in [9.17, 15) is 4.79 Å². The van der Waals surface area contributed by atoms with Gasteiger partial charge in [-0.1, -0.05) is 13.8 Å². The van der Waals surface area contributed by atoms with Gasteiger partial charge in [-0.2, -0.15) is 0 Å². The number of hydrogen-bond donors (Lipinski definition) is 0. The molecule has 0 atom stereocenters. The van der Waals surface area contributed by atoms with Gasteiger partial charge in [0, 0.05) is 18.5 Å². The molecular formula is C12H23NO. The van der Waals surface area contributed by atoms with Crippen LogP contribution in [-0.2, 0) is 4.79 Å². The molecule has 2 heteroatoms. The summed E-state index contributed by atoms with van der Waals surface area (Å²) in [5, 5.41) is 0. The highest BCUT2D eigenvalue weighted by atomic mass is 16.1. The highest BCUT2D eigenvalue weighted by Crippen LogP contribution is 2.43. The van der Waals surface area contributed by atoms with Crippen LogP contribution in [0, 0.1) is 5.41 Å². The third kappa shape index (κ3) is 2.00. The number of aldehydes is 1. The van der Waals surface area contributed by atoms with Crippen LogP contribution in [0.3, 0.4) is 0 Å². The standard InChI is InChI=1S/C12H23NO/c1-11(2)7-5-8-13(9-6-10-14)12(11,3)4/h10H,5-9H2,1-4H3. The Hall–Kier alpha value is -0.370. The zero-order chi connectivity index (χ0) is 10.8. The van der Waals surface area contributed by atoms with Crippen molar-refractivity contribution in [3.63, 3.8) is 0 Å². The minimum Gasteiger partial charge on any atom is -0.303 e. The quantitative estimate of drug-likeness (QED) is 0.648.